The average Bonchev–Trinajstić information content (AvgIpc) is 2.46. The van der Waals surface area contributed by atoms with Crippen LogP contribution in [0.2, 0.25) is 0 Å². The van der Waals surface area contributed by atoms with Crippen LogP contribution in [0.1, 0.15) is 11.1 Å². The summed E-state index contributed by atoms with van der Waals surface area (Å²) in [5, 5.41) is 9.50. The summed E-state index contributed by atoms with van der Waals surface area (Å²) in [6.07, 6.45) is 1.95. The summed E-state index contributed by atoms with van der Waals surface area (Å²) >= 11 is 0. The molecule has 0 spiro atoms. The summed E-state index contributed by atoms with van der Waals surface area (Å²) in [5.41, 5.74) is 2.86. The van der Waals surface area contributed by atoms with E-state index >= 15 is 0 Å². The molecule has 2 aromatic carbocycles. The predicted octanol–water partition coefficient (Wildman–Crippen LogP) is 3.23. The van der Waals surface area contributed by atoms with Gasteiger partial charge in [0.15, 0.2) is 0 Å². The first-order valence-electron chi connectivity index (χ1n) is 5.85. The summed E-state index contributed by atoms with van der Waals surface area (Å²) in [5.74, 6) is 0.805. The lowest BCUT2D eigenvalue weighted by atomic mass is 10.0. The zero-order valence-electron chi connectivity index (χ0n) is 10.3. The van der Waals surface area contributed by atoms with Crippen LogP contribution in [0.3, 0.4) is 0 Å². The number of rotatable bonds is 4. The van der Waals surface area contributed by atoms with Crippen LogP contribution < -0.4 is 4.74 Å². The highest BCUT2D eigenvalue weighted by Crippen LogP contribution is 2.24. The molecule has 2 rings (SSSR count). The lowest BCUT2D eigenvalue weighted by Gasteiger charge is -2.07. The van der Waals surface area contributed by atoms with Crippen molar-refractivity contribution in [2.75, 3.05) is 13.7 Å². The number of ether oxygens (including phenoxy) is 1. The van der Waals surface area contributed by atoms with Gasteiger partial charge in [0.1, 0.15) is 5.75 Å². The SMILES string of the molecule is COc1ccccc1/C=C(\CO)c1ccccc1. The summed E-state index contributed by atoms with van der Waals surface area (Å²) < 4.78 is 5.30. The Morgan fingerprint density at radius 2 is 1.72 bits per heavy atom. The highest BCUT2D eigenvalue weighted by molar-refractivity contribution is 5.83. The second kappa shape index (κ2) is 6.03. The molecule has 1 N–H and O–H groups in total. The van der Waals surface area contributed by atoms with Gasteiger partial charge in [-0.25, -0.2) is 0 Å². The zero-order valence-corrected chi connectivity index (χ0v) is 10.3. The molecule has 0 saturated carbocycles. The molecule has 92 valence electrons. The standard InChI is InChI=1S/C16H16O2/c1-18-16-10-6-5-9-14(16)11-15(12-17)13-7-3-2-4-8-13/h2-11,17H,12H2,1H3/b15-11+. The third-order valence-electron chi connectivity index (χ3n) is 2.78. The van der Waals surface area contributed by atoms with Crippen LogP contribution in [0.25, 0.3) is 11.6 Å². The van der Waals surface area contributed by atoms with Gasteiger partial charge in [-0.05, 0) is 23.3 Å². The molecule has 2 heteroatoms. The van der Waals surface area contributed by atoms with Crippen LogP contribution in [0.15, 0.2) is 54.6 Å². The Labute approximate surface area is 107 Å². The number of para-hydroxylation sites is 1. The lowest BCUT2D eigenvalue weighted by molar-refractivity contribution is 0.350. The first-order valence-corrected chi connectivity index (χ1v) is 5.85. The molecule has 0 atom stereocenters. The van der Waals surface area contributed by atoms with E-state index in [4.69, 9.17) is 4.74 Å². The van der Waals surface area contributed by atoms with E-state index in [1.807, 2.05) is 60.7 Å². The number of aliphatic hydroxyl groups excluding tert-OH is 1. The quantitative estimate of drug-likeness (QED) is 0.831. The first kappa shape index (κ1) is 12.4. The van der Waals surface area contributed by atoms with Gasteiger partial charge < -0.3 is 9.84 Å². The van der Waals surface area contributed by atoms with E-state index in [-0.39, 0.29) is 6.61 Å². The molecule has 0 radical (unpaired) electrons. The van der Waals surface area contributed by atoms with E-state index < -0.39 is 0 Å². The van der Waals surface area contributed by atoms with E-state index in [2.05, 4.69) is 0 Å². The molecule has 0 aliphatic carbocycles. The molecule has 0 bridgehead atoms. The molecule has 0 heterocycles. The molecule has 0 aliphatic rings. The molecule has 2 aromatic rings. The zero-order chi connectivity index (χ0) is 12.8. The normalized spacial score (nSPS) is 11.3. The van der Waals surface area contributed by atoms with Crippen molar-refractivity contribution in [3.8, 4) is 5.75 Å². The van der Waals surface area contributed by atoms with Crippen LogP contribution in [0.5, 0.6) is 5.75 Å². The minimum absolute atomic E-state index is 0.00205. The number of hydrogen-bond donors (Lipinski definition) is 1. The highest BCUT2D eigenvalue weighted by atomic mass is 16.5. The Morgan fingerprint density at radius 3 is 2.39 bits per heavy atom. The average molecular weight is 240 g/mol. The van der Waals surface area contributed by atoms with E-state index in [1.54, 1.807) is 7.11 Å². The maximum absolute atomic E-state index is 9.50. The van der Waals surface area contributed by atoms with E-state index in [0.717, 1.165) is 22.4 Å². The van der Waals surface area contributed by atoms with Crippen LogP contribution in [-0.4, -0.2) is 18.8 Å². The van der Waals surface area contributed by atoms with Gasteiger partial charge in [-0.1, -0.05) is 48.5 Å². The molecule has 0 unspecified atom stereocenters. The molecular weight excluding hydrogens is 224 g/mol. The Kier molecular flexibility index (Phi) is 4.15. The maximum Gasteiger partial charge on any atom is 0.126 e. The summed E-state index contributed by atoms with van der Waals surface area (Å²) in [4.78, 5) is 0. The Bertz CT molecular complexity index is 530. The van der Waals surface area contributed by atoms with Gasteiger partial charge in [0, 0.05) is 5.56 Å². The van der Waals surface area contributed by atoms with Crippen LogP contribution in [0.4, 0.5) is 0 Å². The van der Waals surface area contributed by atoms with Crippen molar-refractivity contribution in [3.63, 3.8) is 0 Å². The van der Waals surface area contributed by atoms with Gasteiger partial charge in [-0.3, -0.25) is 0 Å². The highest BCUT2D eigenvalue weighted by Gasteiger charge is 2.03. The molecule has 0 saturated heterocycles. The van der Waals surface area contributed by atoms with Crippen molar-refractivity contribution in [3.05, 3.63) is 65.7 Å². The Hall–Kier alpha value is -2.06. The van der Waals surface area contributed by atoms with Crippen molar-refractivity contribution in [1.29, 1.82) is 0 Å². The second-order valence-corrected chi connectivity index (χ2v) is 3.94. The summed E-state index contributed by atoms with van der Waals surface area (Å²) in [6.45, 7) is 0.00205. The fraction of sp³-hybridized carbons (Fsp3) is 0.125. The van der Waals surface area contributed by atoms with E-state index in [0.29, 0.717) is 0 Å². The van der Waals surface area contributed by atoms with Crippen molar-refractivity contribution in [2.24, 2.45) is 0 Å². The molecule has 2 nitrogen and oxygen atoms in total. The smallest absolute Gasteiger partial charge is 0.126 e. The Balaban J connectivity index is 2.41. The molecule has 0 aromatic heterocycles. The summed E-state index contributed by atoms with van der Waals surface area (Å²) in [6, 6.07) is 17.6. The third-order valence-corrected chi connectivity index (χ3v) is 2.78. The molecule has 18 heavy (non-hydrogen) atoms. The third kappa shape index (κ3) is 2.79. The van der Waals surface area contributed by atoms with Gasteiger partial charge in [-0.2, -0.15) is 0 Å². The molecule has 0 aliphatic heterocycles. The fourth-order valence-corrected chi connectivity index (χ4v) is 1.85. The van der Waals surface area contributed by atoms with Gasteiger partial charge >= 0.3 is 0 Å². The molecule has 0 amide bonds. The van der Waals surface area contributed by atoms with Gasteiger partial charge in [-0.15, -0.1) is 0 Å². The number of aliphatic hydroxyl groups is 1. The van der Waals surface area contributed by atoms with Crippen LogP contribution in [-0.2, 0) is 0 Å². The predicted molar refractivity (Wildman–Crippen MR) is 74.4 cm³/mol. The summed E-state index contributed by atoms with van der Waals surface area (Å²) in [7, 11) is 1.65. The van der Waals surface area contributed by atoms with Gasteiger partial charge in [0.2, 0.25) is 0 Å². The maximum atomic E-state index is 9.50. The van der Waals surface area contributed by atoms with Crippen molar-refractivity contribution in [1.82, 2.24) is 0 Å². The first-order chi connectivity index (χ1) is 8.85. The van der Waals surface area contributed by atoms with Crippen molar-refractivity contribution < 1.29 is 9.84 Å². The van der Waals surface area contributed by atoms with Crippen LogP contribution >= 0.6 is 0 Å². The number of hydrogen-bond acceptors (Lipinski definition) is 2. The largest absolute Gasteiger partial charge is 0.496 e. The van der Waals surface area contributed by atoms with Crippen molar-refractivity contribution in [2.45, 2.75) is 0 Å². The van der Waals surface area contributed by atoms with Gasteiger partial charge in [0.05, 0.1) is 13.7 Å². The molecular formula is C16H16O2. The topological polar surface area (TPSA) is 29.5 Å². The number of methoxy groups -OCH3 is 1. The van der Waals surface area contributed by atoms with Crippen LogP contribution in [0, 0.1) is 0 Å². The van der Waals surface area contributed by atoms with E-state index in [1.165, 1.54) is 0 Å². The Morgan fingerprint density at radius 1 is 1.06 bits per heavy atom. The minimum atomic E-state index is 0.00205. The second-order valence-electron chi connectivity index (χ2n) is 3.94. The molecule has 0 fully saturated rings. The number of benzene rings is 2. The fourth-order valence-electron chi connectivity index (χ4n) is 1.85. The lowest BCUT2D eigenvalue weighted by Crippen LogP contribution is -1.92. The van der Waals surface area contributed by atoms with Gasteiger partial charge in [0.25, 0.3) is 0 Å². The van der Waals surface area contributed by atoms with Crippen molar-refractivity contribution >= 4 is 11.6 Å². The minimum Gasteiger partial charge on any atom is -0.496 e. The monoisotopic (exact) mass is 240 g/mol. The van der Waals surface area contributed by atoms with E-state index in [9.17, 15) is 5.11 Å².